The van der Waals surface area contributed by atoms with Gasteiger partial charge in [0.25, 0.3) is 5.56 Å². The Kier molecular flexibility index (Phi) is 4.71. The number of nitrogens with one attached hydrogen (secondary N) is 1. The lowest BCUT2D eigenvalue weighted by Gasteiger charge is -2.29. The second kappa shape index (κ2) is 7.09. The van der Waals surface area contributed by atoms with Crippen LogP contribution in [0.25, 0.3) is 15.9 Å². The molecule has 3 heterocycles. The first kappa shape index (κ1) is 19.3. The number of aliphatic carboxylic acids is 1. The third-order valence-electron chi connectivity index (χ3n) is 4.75. The summed E-state index contributed by atoms with van der Waals surface area (Å²) >= 11 is 1.42. The van der Waals surface area contributed by atoms with Gasteiger partial charge in [0.05, 0.1) is 23.3 Å². The summed E-state index contributed by atoms with van der Waals surface area (Å²) in [5.41, 5.74) is 3.53. The summed E-state index contributed by atoms with van der Waals surface area (Å²) in [6.45, 7) is 5.80. The number of hydrazone groups is 1. The van der Waals surface area contributed by atoms with Crippen molar-refractivity contribution in [3.63, 3.8) is 0 Å². The molecule has 1 aromatic carbocycles. The average molecular weight is 412 g/mol. The number of rotatable bonds is 4. The summed E-state index contributed by atoms with van der Waals surface area (Å²) in [5.74, 6) is -0.994. The van der Waals surface area contributed by atoms with Crippen molar-refractivity contribution in [1.82, 2.24) is 9.55 Å². The molecule has 0 unspecified atom stereocenters. The van der Waals surface area contributed by atoms with Crippen LogP contribution in [0.5, 0.6) is 0 Å². The fourth-order valence-corrected chi connectivity index (χ4v) is 4.36. The maximum absolute atomic E-state index is 13.6. The Balaban J connectivity index is 1.96. The van der Waals surface area contributed by atoms with Gasteiger partial charge in [-0.1, -0.05) is 18.2 Å². The molecule has 0 saturated heterocycles. The molecule has 2 N–H and O–H groups in total. The van der Waals surface area contributed by atoms with Crippen molar-refractivity contribution < 1.29 is 14.6 Å². The molecule has 9 heteroatoms. The number of ether oxygens (including phenoxy) is 1. The Hall–Kier alpha value is -3.04. The molecule has 2 aromatic heterocycles. The van der Waals surface area contributed by atoms with Crippen LogP contribution in [-0.2, 0) is 22.6 Å². The minimum absolute atomic E-state index is 0.139. The molecule has 0 fully saturated rings. The van der Waals surface area contributed by atoms with Gasteiger partial charge in [0.2, 0.25) is 5.95 Å². The van der Waals surface area contributed by atoms with Gasteiger partial charge >= 0.3 is 5.97 Å². The second-order valence-electron chi connectivity index (χ2n) is 7.43. The smallest absolute Gasteiger partial charge is 0.351 e. The van der Waals surface area contributed by atoms with Crippen molar-refractivity contribution in [2.24, 2.45) is 5.10 Å². The van der Waals surface area contributed by atoms with E-state index in [1.54, 1.807) is 12.1 Å². The average Bonchev–Trinajstić information content (AvgIpc) is 3.03. The Bertz CT molecular complexity index is 1190. The highest BCUT2D eigenvalue weighted by atomic mass is 32.1. The number of aromatic nitrogens is 2. The highest BCUT2D eigenvalue weighted by Gasteiger charge is 2.31. The molecule has 29 heavy (non-hydrogen) atoms. The van der Waals surface area contributed by atoms with Crippen LogP contribution in [0.4, 0.5) is 5.95 Å². The van der Waals surface area contributed by atoms with Crippen molar-refractivity contribution in [2.75, 3.05) is 5.43 Å². The fourth-order valence-electron chi connectivity index (χ4n) is 3.27. The molecule has 150 valence electrons. The number of fused-ring (bicyclic) bond motifs is 3. The summed E-state index contributed by atoms with van der Waals surface area (Å²) < 4.78 is 7.31. The van der Waals surface area contributed by atoms with E-state index >= 15 is 0 Å². The largest absolute Gasteiger partial charge is 0.477 e. The van der Waals surface area contributed by atoms with Crippen LogP contribution in [0.2, 0.25) is 0 Å². The summed E-state index contributed by atoms with van der Waals surface area (Å²) in [5, 5.41) is 13.5. The normalized spacial score (nSPS) is 15.9. The maximum Gasteiger partial charge on any atom is 0.351 e. The molecule has 0 amide bonds. The molecule has 3 aromatic rings. The van der Waals surface area contributed by atoms with E-state index < -0.39 is 5.97 Å². The van der Waals surface area contributed by atoms with E-state index in [0.29, 0.717) is 28.9 Å². The number of nitrogens with zero attached hydrogens (tertiary/aromatic N) is 3. The van der Waals surface area contributed by atoms with Gasteiger partial charge in [0, 0.05) is 11.3 Å². The van der Waals surface area contributed by atoms with Gasteiger partial charge in [0.1, 0.15) is 10.5 Å². The molecule has 0 radical (unpaired) electrons. The minimum Gasteiger partial charge on any atom is -0.477 e. The maximum atomic E-state index is 13.6. The zero-order valence-electron chi connectivity index (χ0n) is 16.2. The molecule has 4 rings (SSSR count). The Morgan fingerprint density at radius 1 is 1.34 bits per heavy atom. The SMILES string of the molecule is C/C(=N\Nc1nc2sc3c(c2c(=O)n1-c1ccccc1)CC(C)(C)OC3)C(=O)O. The summed E-state index contributed by atoms with van der Waals surface area (Å²) in [6, 6.07) is 9.08. The van der Waals surface area contributed by atoms with E-state index in [1.807, 2.05) is 32.0 Å². The monoisotopic (exact) mass is 412 g/mol. The molecule has 1 aliphatic heterocycles. The number of anilines is 1. The van der Waals surface area contributed by atoms with Crippen LogP contribution in [0.3, 0.4) is 0 Å². The lowest BCUT2D eigenvalue weighted by atomic mass is 9.94. The van der Waals surface area contributed by atoms with Crippen LogP contribution in [-0.4, -0.2) is 31.9 Å². The number of carboxylic acid groups (broad SMARTS) is 1. The zero-order chi connectivity index (χ0) is 20.8. The number of hydrogen-bond acceptors (Lipinski definition) is 7. The second-order valence-corrected chi connectivity index (χ2v) is 8.52. The van der Waals surface area contributed by atoms with Crippen molar-refractivity contribution in [3.05, 3.63) is 51.1 Å². The molecule has 0 aliphatic carbocycles. The highest BCUT2D eigenvalue weighted by Crippen LogP contribution is 2.37. The number of hydrogen-bond donors (Lipinski definition) is 2. The first-order valence-corrected chi connectivity index (χ1v) is 9.89. The Labute approximate surface area is 170 Å². The molecular weight excluding hydrogens is 392 g/mol. The van der Waals surface area contributed by atoms with E-state index in [9.17, 15) is 9.59 Å². The summed E-state index contributed by atoms with van der Waals surface area (Å²) in [6.07, 6.45) is 0.622. The van der Waals surface area contributed by atoms with Crippen molar-refractivity contribution >= 4 is 39.2 Å². The highest BCUT2D eigenvalue weighted by molar-refractivity contribution is 7.18. The van der Waals surface area contributed by atoms with E-state index in [1.165, 1.54) is 22.8 Å². The van der Waals surface area contributed by atoms with Crippen molar-refractivity contribution in [2.45, 2.75) is 39.4 Å². The lowest BCUT2D eigenvalue weighted by Crippen LogP contribution is -2.32. The molecule has 8 nitrogen and oxygen atoms in total. The lowest BCUT2D eigenvalue weighted by molar-refractivity contribution is -0.129. The first-order chi connectivity index (χ1) is 13.8. The zero-order valence-corrected chi connectivity index (χ0v) is 17.0. The molecule has 0 bridgehead atoms. The van der Waals surface area contributed by atoms with Gasteiger partial charge in [-0.2, -0.15) is 5.10 Å². The van der Waals surface area contributed by atoms with Gasteiger partial charge in [0.15, 0.2) is 0 Å². The number of para-hydroxylation sites is 1. The van der Waals surface area contributed by atoms with E-state index in [4.69, 9.17) is 9.84 Å². The third kappa shape index (κ3) is 3.54. The predicted octanol–water partition coefficient (Wildman–Crippen LogP) is 3.17. The Morgan fingerprint density at radius 2 is 2.07 bits per heavy atom. The number of carboxylic acids is 1. The number of benzene rings is 1. The van der Waals surface area contributed by atoms with E-state index in [0.717, 1.165) is 10.4 Å². The van der Waals surface area contributed by atoms with Crippen molar-refractivity contribution in [3.8, 4) is 5.69 Å². The van der Waals surface area contributed by atoms with Gasteiger partial charge < -0.3 is 9.84 Å². The van der Waals surface area contributed by atoms with Crippen LogP contribution in [0, 0.1) is 0 Å². The molecule has 0 atom stereocenters. The van der Waals surface area contributed by atoms with E-state index in [-0.39, 0.29) is 22.8 Å². The fraction of sp³-hybridized carbons (Fsp3) is 0.300. The first-order valence-electron chi connectivity index (χ1n) is 9.07. The van der Waals surface area contributed by atoms with Crippen LogP contribution >= 0.6 is 11.3 Å². The summed E-state index contributed by atoms with van der Waals surface area (Å²) in [4.78, 5) is 30.8. The predicted molar refractivity (Wildman–Crippen MR) is 112 cm³/mol. The van der Waals surface area contributed by atoms with Gasteiger partial charge in [-0.15, -0.1) is 11.3 Å². The van der Waals surface area contributed by atoms with Crippen LogP contribution < -0.4 is 11.0 Å². The van der Waals surface area contributed by atoms with Gasteiger partial charge in [-0.3, -0.25) is 4.79 Å². The van der Waals surface area contributed by atoms with Gasteiger partial charge in [-0.25, -0.2) is 19.8 Å². The Morgan fingerprint density at radius 3 is 2.76 bits per heavy atom. The molecular formula is C20H20N4O4S. The molecule has 0 spiro atoms. The van der Waals surface area contributed by atoms with Crippen LogP contribution in [0.15, 0.2) is 40.2 Å². The summed E-state index contributed by atoms with van der Waals surface area (Å²) in [7, 11) is 0. The van der Waals surface area contributed by atoms with Gasteiger partial charge in [-0.05, 0) is 38.5 Å². The molecule has 0 saturated carbocycles. The third-order valence-corrected chi connectivity index (χ3v) is 5.85. The number of thiophene rings is 1. The van der Waals surface area contributed by atoms with Crippen molar-refractivity contribution in [1.29, 1.82) is 0 Å². The topological polar surface area (TPSA) is 106 Å². The minimum atomic E-state index is -1.15. The number of carbonyl (C=O) groups is 1. The molecule has 1 aliphatic rings. The standard InChI is InChI=1S/C20H20N4O4S/c1-11(18(26)27)22-23-19-21-16-15(13-9-20(2,3)28-10-14(13)29-16)17(25)24(19)12-7-5-4-6-8-12/h4-8H,9-10H2,1-3H3,(H,21,23)(H,26,27)/b22-11+. The van der Waals surface area contributed by atoms with E-state index in [2.05, 4.69) is 15.5 Å². The quantitative estimate of drug-likeness (QED) is 0.504. The van der Waals surface area contributed by atoms with Crippen LogP contribution in [0.1, 0.15) is 31.2 Å².